The van der Waals surface area contributed by atoms with Crippen LogP contribution in [0, 0.1) is 11.3 Å². The van der Waals surface area contributed by atoms with E-state index < -0.39 is 0 Å². The van der Waals surface area contributed by atoms with E-state index in [0.29, 0.717) is 11.4 Å². The van der Waals surface area contributed by atoms with Crippen molar-refractivity contribution in [2.24, 2.45) is 24.1 Å². The number of nitrogens with one attached hydrogen (secondary N) is 1. The SMILES string of the molecule is Cn1ncc(C(N)=S)c1NC(=O)C1CCCCC1(C)C. The maximum atomic E-state index is 12.6. The quantitative estimate of drug-likeness (QED) is 0.838. The van der Waals surface area contributed by atoms with Crippen molar-refractivity contribution in [3.63, 3.8) is 0 Å². The van der Waals surface area contributed by atoms with Crippen molar-refractivity contribution in [3.8, 4) is 0 Å². The lowest BCUT2D eigenvalue weighted by Crippen LogP contribution is -2.38. The highest BCUT2D eigenvalue weighted by atomic mass is 32.1. The number of hydrogen-bond donors (Lipinski definition) is 2. The molecule has 1 heterocycles. The van der Waals surface area contributed by atoms with Gasteiger partial charge >= 0.3 is 0 Å². The van der Waals surface area contributed by atoms with E-state index in [0.717, 1.165) is 19.3 Å². The topological polar surface area (TPSA) is 72.9 Å². The number of rotatable bonds is 3. The fraction of sp³-hybridized carbons (Fsp3) is 0.643. The van der Waals surface area contributed by atoms with Crippen molar-refractivity contribution >= 4 is 28.9 Å². The zero-order valence-corrected chi connectivity index (χ0v) is 13.1. The summed E-state index contributed by atoms with van der Waals surface area (Å²) in [7, 11) is 1.77. The Morgan fingerprint density at radius 3 is 2.85 bits per heavy atom. The number of nitrogens with zero attached hydrogens (tertiary/aromatic N) is 2. The van der Waals surface area contributed by atoms with Gasteiger partial charge in [0.05, 0.1) is 11.8 Å². The number of carbonyl (C=O) groups excluding carboxylic acids is 1. The van der Waals surface area contributed by atoms with Crippen molar-refractivity contribution in [1.82, 2.24) is 9.78 Å². The average molecular weight is 294 g/mol. The van der Waals surface area contributed by atoms with Crippen LogP contribution in [-0.2, 0) is 11.8 Å². The maximum absolute atomic E-state index is 12.6. The summed E-state index contributed by atoms with van der Waals surface area (Å²) in [6.07, 6.45) is 5.90. The first-order valence-electron chi connectivity index (χ1n) is 6.95. The molecule has 110 valence electrons. The smallest absolute Gasteiger partial charge is 0.229 e. The van der Waals surface area contributed by atoms with Gasteiger partial charge in [-0.3, -0.25) is 9.48 Å². The first-order chi connectivity index (χ1) is 9.33. The molecule has 6 heteroatoms. The second kappa shape index (κ2) is 5.52. The molecule has 1 fully saturated rings. The second-order valence-corrected chi connectivity index (χ2v) is 6.61. The zero-order valence-electron chi connectivity index (χ0n) is 12.3. The zero-order chi connectivity index (χ0) is 14.9. The molecule has 0 radical (unpaired) electrons. The van der Waals surface area contributed by atoms with Crippen LogP contribution in [0.25, 0.3) is 0 Å². The molecule has 20 heavy (non-hydrogen) atoms. The van der Waals surface area contributed by atoms with Gasteiger partial charge in [-0.25, -0.2) is 0 Å². The Kier molecular flexibility index (Phi) is 4.13. The molecular weight excluding hydrogens is 272 g/mol. The highest BCUT2D eigenvalue weighted by molar-refractivity contribution is 7.80. The van der Waals surface area contributed by atoms with E-state index >= 15 is 0 Å². The third-order valence-corrected chi connectivity index (χ3v) is 4.49. The minimum atomic E-state index is 0.0188. The van der Waals surface area contributed by atoms with Crippen LogP contribution < -0.4 is 11.1 Å². The average Bonchev–Trinajstić information content (AvgIpc) is 2.70. The number of aryl methyl sites for hydroxylation is 1. The predicted octanol–water partition coefficient (Wildman–Crippen LogP) is 2.21. The van der Waals surface area contributed by atoms with Crippen LogP contribution >= 0.6 is 12.2 Å². The van der Waals surface area contributed by atoms with E-state index in [1.807, 2.05) is 0 Å². The van der Waals surface area contributed by atoms with Crippen molar-refractivity contribution in [1.29, 1.82) is 0 Å². The molecule has 1 aliphatic carbocycles. The van der Waals surface area contributed by atoms with Crippen LogP contribution in [0.1, 0.15) is 45.1 Å². The van der Waals surface area contributed by atoms with E-state index in [1.54, 1.807) is 17.9 Å². The molecular formula is C14H22N4OS. The van der Waals surface area contributed by atoms with Crippen LogP contribution in [0.4, 0.5) is 5.82 Å². The monoisotopic (exact) mass is 294 g/mol. The molecule has 5 nitrogen and oxygen atoms in total. The fourth-order valence-electron chi connectivity index (χ4n) is 2.95. The molecule has 3 N–H and O–H groups in total. The van der Waals surface area contributed by atoms with Gasteiger partial charge in [0.15, 0.2) is 0 Å². The number of thiocarbonyl (C=S) groups is 1. The van der Waals surface area contributed by atoms with Gasteiger partial charge < -0.3 is 11.1 Å². The Morgan fingerprint density at radius 2 is 2.25 bits per heavy atom. The molecule has 1 amide bonds. The van der Waals surface area contributed by atoms with Crippen molar-refractivity contribution < 1.29 is 4.79 Å². The lowest BCUT2D eigenvalue weighted by Gasteiger charge is -2.37. The first-order valence-corrected chi connectivity index (χ1v) is 7.36. The number of hydrogen-bond acceptors (Lipinski definition) is 3. The summed E-state index contributed by atoms with van der Waals surface area (Å²) in [5.41, 5.74) is 6.31. The van der Waals surface area contributed by atoms with E-state index in [2.05, 4.69) is 24.3 Å². The van der Waals surface area contributed by atoms with Gasteiger partial charge in [0, 0.05) is 13.0 Å². The van der Waals surface area contributed by atoms with Gasteiger partial charge in [-0.1, -0.05) is 38.9 Å². The van der Waals surface area contributed by atoms with E-state index in [1.165, 1.54) is 6.42 Å². The molecule has 0 aromatic carbocycles. The van der Waals surface area contributed by atoms with Crippen LogP contribution in [0.15, 0.2) is 6.20 Å². The Bertz CT molecular complexity index is 535. The molecule has 0 aliphatic heterocycles. The van der Waals surface area contributed by atoms with Crippen molar-refractivity contribution in [3.05, 3.63) is 11.8 Å². The number of aromatic nitrogens is 2. The molecule has 1 unspecified atom stereocenters. The minimum absolute atomic E-state index is 0.0188. The number of anilines is 1. The minimum Gasteiger partial charge on any atom is -0.389 e. The fourth-order valence-corrected chi connectivity index (χ4v) is 3.10. The molecule has 1 aromatic rings. The predicted molar refractivity (Wildman–Crippen MR) is 83.5 cm³/mol. The van der Waals surface area contributed by atoms with E-state index in [4.69, 9.17) is 18.0 Å². The summed E-state index contributed by atoms with van der Waals surface area (Å²) in [5, 5.41) is 7.07. The van der Waals surface area contributed by atoms with Crippen LogP contribution in [0.5, 0.6) is 0 Å². The molecule has 1 aromatic heterocycles. The standard InChI is InChI=1S/C14H22N4OS/c1-14(2)7-5-4-6-10(14)13(19)17-12-9(11(15)20)8-16-18(12)3/h8,10H,4-7H2,1-3H3,(H2,15,20)(H,17,19). The number of carbonyl (C=O) groups is 1. The number of nitrogens with two attached hydrogens (primary N) is 1. The van der Waals surface area contributed by atoms with Crippen LogP contribution in [0.2, 0.25) is 0 Å². The summed E-state index contributed by atoms with van der Waals surface area (Å²) in [6.45, 7) is 4.32. The first kappa shape index (κ1) is 15.0. The Hall–Kier alpha value is -1.43. The van der Waals surface area contributed by atoms with E-state index in [9.17, 15) is 4.79 Å². The molecule has 2 rings (SSSR count). The van der Waals surface area contributed by atoms with Gasteiger partial charge in [0.25, 0.3) is 0 Å². The Morgan fingerprint density at radius 1 is 1.55 bits per heavy atom. The van der Waals surface area contributed by atoms with Gasteiger partial charge in [-0.15, -0.1) is 0 Å². The van der Waals surface area contributed by atoms with Crippen LogP contribution in [-0.4, -0.2) is 20.7 Å². The third kappa shape index (κ3) is 2.85. The second-order valence-electron chi connectivity index (χ2n) is 6.17. The summed E-state index contributed by atoms with van der Waals surface area (Å²) >= 11 is 4.99. The van der Waals surface area contributed by atoms with Crippen molar-refractivity contribution in [2.45, 2.75) is 39.5 Å². The van der Waals surface area contributed by atoms with Crippen molar-refractivity contribution in [2.75, 3.05) is 5.32 Å². The van der Waals surface area contributed by atoms with Gasteiger partial charge in [-0.2, -0.15) is 5.10 Å². The molecule has 1 aliphatic rings. The van der Waals surface area contributed by atoms with Gasteiger partial charge in [0.1, 0.15) is 10.8 Å². The highest BCUT2D eigenvalue weighted by Crippen LogP contribution is 2.41. The van der Waals surface area contributed by atoms with E-state index in [-0.39, 0.29) is 22.2 Å². The van der Waals surface area contributed by atoms with Gasteiger partial charge in [0.2, 0.25) is 5.91 Å². The lowest BCUT2D eigenvalue weighted by molar-refractivity contribution is -0.124. The summed E-state index contributed by atoms with van der Waals surface area (Å²) in [6, 6.07) is 0. The number of amides is 1. The highest BCUT2D eigenvalue weighted by Gasteiger charge is 2.37. The lowest BCUT2D eigenvalue weighted by atomic mass is 9.68. The summed E-state index contributed by atoms with van der Waals surface area (Å²) in [5.74, 6) is 0.644. The molecule has 0 saturated heterocycles. The Labute approximate surface area is 124 Å². The maximum Gasteiger partial charge on any atom is 0.229 e. The molecule has 1 atom stereocenters. The molecule has 0 bridgehead atoms. The molecule has 0 spiro atoms. The molecule has 1 saturated carbocycles. The Balaban J connectivity index is 2.19. The summed E-state index contributed by atoms with van der Waals surface area (Å²) in [4.78, 5) is 12.8. The third-order valence-electron chi connectivity index (χ3n) is 4.27. The normalized spacial score (nSPS) is 21.4. The largest absolute Gasteiger partial charge is 0.389 e. The van der Waals surface area contributed by atoms with Crippen LogP contribution in [0.3, 0.4) is 0 Å². The van der Waals surface area contributed by atoms with Gasteiger partial charge in [-0.05, 0) is 18.3 Å². The summed E-state index contributed by atoms with van der Waals surface area (Å²) < 4.78 is 1.60.